The quantitative estimate of drug-likeness (QED) is 0.738. The topological polar surface area (TPSA) is 80.0 Å². The van der Waals surface area contributed by atoms with Crippen LogP contribution in [0.4, 0.5) is 10.9 Å². The summed E-state index contributed by atoms with van der Waals surface area (Å²) in [5.74, 6) is 1.02. The maximum Gasteiger partial charge on any atom is 0.265 e. The number of nitrogens with one attached hydrogen (secondary N) is 2. The first-order valence-corrected chi connectivity index (χ1v) is 7.19. The number of hydrogen-bond donors (Lipinski definition) is 3. The van der Waals surface area contributed by atoms with Crippen LogP contribution in [-0.2, 0) is 0 Å². The summed E-state index contributed by atoms with van der Waals surface area (Å²) in [7, 11) is 0. The highest BCUT2D eigenvalue weighted by molar-refractivity contribution is 7.18. The largest absolute Gasteiger partial charge is 0.382 e. The average molecular weight is 268 g/mol. The number of rotatable bonds is 6. The van der Waals surface area contributed by atoms with E-state index >= 15 is 0 Å². The van der Waals surface area contributed by atoms with E-state index in [0.717, 1.165) is 18.9 Å². The van der Waals surface area contributed by atoms with Gasteiger partial charge in [0.1, 0.15) is 10.7 Å². The van der Waals surface area contributed by atoms with Crippen molar-refractivity contribution < 1.29 is 4.79 Å². The van der Waals surface area contributed by atoms with Crippen molar-refractivity contribution in [3.8, 4) is 0 Å². The molecular weight excluding hydrogens is 248 g/mol. The van der Waals surface area contributed by atoms with Crippen molar-refractivity contribution in [1.82, 2.24) is 10.3 Å². The van der Waals surface area contributed by atoms with Crippen LogP contribution >= 0.6 is 11.3 Å². The number of nitrogens with two attached hydrogens (primary N) is 1. The third kappa shape index (κ3) is 3.60. The van der Waals surface area contributed by atoms with Crippen LogP contribution in [0, 0.1) is 5.92 Å². The van der Waals surface area contributed by atoms with Gasteiger partial charge in [-0.05, 0) is 26.2 Å². The molecule has 0 bridgehead atoms. The first-order chi connectivity index (χ1) is 8.56. The van der Waals surface area contributed by atoms with Crippen molar-refractivity contribution in [3.63, 3.8) is 0 Å². The predicted molar refractivity (Wildman–Crippen MR) is 75.0 cm³/mol. The molecule has 6 heteroatoms. The smallest absolute Gasteiger partial charge is 0.265 e. The van der Waals surface area contributed by atoms with Crippen LogP contribution in [0.5, 0.6) is 0 Å². The molecule has 0 aromatic carbocycles. The van der Waals surface area contributed by atoms with Gasteiger partial charge in [-0.3, -0.25) is 4.79 Å². The second-order valence-electron chi connectivity index (χ2n) is 5.02. The van der Waals surface area contributed by atoms with Crippen LogP contribution in [-0.4, -0.2) is 23.5 Å². The number of nitrogen functional groups attached to an aromatic ring is 1. The molecule has 1 amide bonds. The number of carbonyl (C=O) groups excluding carboxylic acids is 1. The van der Waals surface area contributed by atoms with Gasteiger partial charge in [0, 0.05) is 12.6 Å². The number of carbonyl (C=O) groups is 1. The molecule has 1 aliphatic rings. The molecule has 0 unspecified atom stereocenters. The number of amides is 1. The van der Waals surface area contributed by atoms with E-state index in [2.05, 4.69) is 15.6 Å². The number of anilines is 2. The van der Waals surface area contributed by atoms with Gasteiger partial charge in [0.15, 0.2) is 5.13 Å². The van der Waals surface area contributed by atoms with Crippen molar-refractivity contribution in [1.29, 1.82) is 0 Å². The van der Waals surface area contributed by atoms with Crippen molar-refractivity contribution in [3.05, 3.63) is 4.88 Å². The lowest BCUT2D eigenvalue weighted by Gasteiger charge is -2.04. The molecule has 1 fully saturated rings. The zero-order valence-corrected chi connectivity index (χ0v) is 11.6. The second kappa shape index (κ2) is 5.56. The Morgan fingerprint density at radius 2 is 2.28 bits per heavy atom. The Labute approximate surface area is 111 Å². The van der Waals surface area contributed by atoms with Crippen molar-refractivity contribution >= 4 is 28.2 Å². The second-order valence-corrected chi connectivity index (χ2v) is 6.02. The maximum absolute atomic E-state index is 11.9. The van der Waals surface area contributed by atoms with E-state index in [0.29, 0.717) is 15.8 Å². The molecule has 5 nitrogen and oxygen atoms in total. The fourth-order valence-electron chi connectivity index (χ4n) is 1.68. The zero-order valence-electron chi connectivity index (χ0n) is 10.8. The van der Waals surface area contributed by atoms with Gasteiger partial charge in [-0.15, -0.1) is 0 Å². The number of hydrogen-bond acceptors (Lipinski definition) is 5. The lowest BCUT2D eigenvalue weighted by molar-refractivity contribution is 0.0957. The van der Waals surface area contributed by atoms with E-state index in [-0.39, 0.29) is 11.9 Å². The Kier molecular flexibility index (Phi) is 4.06. The first kappa shape index (κ1) is 13.1. The van der Waals surface area contributed by atoms with E-state index in [1.54, 1.807) is 0 Å². The fraction of sp³-hybridized carbons (Fsp3) is 0.667. The molecule has 2 rings (SSSR count). The van der Waals surface area contributed by atoms with Gasteiger partial charge in [-0.25, -0.2) is 4.98 Å². The van der Waals surface area contributed by atoms with Gasteiger partial charge in [0.25, 0.3) is 5.91 Å². The molecule has 0 atom stereocenters. The average Bonchev–Trinajstić information content (AvgIpc) is 3.02. The van der Waals surface area contributed by atoms with Gasteiger partial charge in [0.05, 0.1) is 0 Å². The van der Waals surface area contributed by atoms with Crippen LogP contribution < -0.4 is 16.4 Å². The third-order valence-corrected chi connectivity index (χ3v) is 3.81. The highest BCUT2D eigenvalue weighted by atomic mass is 32.1. The molecule has 1 saturated carbocycles. The van der Waals surface area contributed by atoms with Gasteiger partial charge in [-0.1, -0.05) is 24.2 Å². The van der Waals surface area contributed by atoms with E-state index in [4.69, 9.17) is 5.73 Å². The highest BCUT2D eigenvalue weighted by Crippen LogP contribution is 2.32. The summed E-state index contributed by atoms with van der Waals surface area (Å²) in [5.41, 5.74) is 5.76. The molecule has 1 aromatic rings. The minimum absolute atomic E-state index is 0.109. The minimum Gasteiger partial charge on any atom is -0.382 e. The summed E-state index contributed by atoms with van der Waals surface area (Å²) < 4.78 is 0. The normalized spacial score (nSPS) is 14.8. The molecule has 0 spiro atoms. The van der Waals surface area contributed by atoms with E-state index in [9.17, 15) is 4.79 Å². The number of aromatic nitrogens is 1. The highest BCUT2D eigenvalue weighted by Gasteiger charge is 2.21. The fourth-order valence-corrected chi connectivity index (χ4v) is 2.63. The Morgan fingerprint density at radius 3 is 2.89 bits per heavy atom. The van der Waals surface area contributed by atoms with Gasteiger partial charge in [-0.2, -0.15) is 0 Å². The van der Waals surface area contributed by atoms with E-state index in [1.165, 1.54) is 24.2 Å². The van der Waals surface area contributed by atoms with Gasteiger partial charge < -0.3 is 16.4 Å². The van der Waals surface area contributed by atoms with Crippen LogP contribution in [0.2, 0.25) is 0 Å². The van der Waals surface area contributed by atoms with Crippen molar-refractivity contribution in [2.24, 2.45) is 5.92 Å². The van der Waals surface area contributed by atoms with E-state index < -0.39 is 0 Å². The lowest BCUT2D eigenvalue weighted by atomic mass is 10.3. The Bertz CT molecular complexity index is 426. The van der Waals surface area contributed by atoms with Gasteiger partial charge >= 0.3 is 0 Å². The molecule has 0 radical (unpaired) electrons. The molecule has 4 N–H and O–H groups in total. The Morgan fingerprint density at radius 1 is 1.56 bits per heavy atom. The number of nitrogens with zero attached hydrogens (tertiary/aromatic N) is 1. The summed E-state index contributed by atoms with van der Waals surface area (Å²) >= 11 is 1.31. The molecule has 1 aliphatic carbocycles. The summed E-state index contributed by atoms with van der Waals surface area (Å²) in [4.78, 5) is 16.6. The maximum atomic E-state index is 11.9. The monoisotopic (exact) mass is 268 g/mol. The molecule has 18 heavy (non-hydrogen) atoms. The first-order valence-electron chi connectivity index (χ1n) is 6.37. The summed E-state index contributed by atoms with van der Waals surface area (Å²) in [5, 5.41) is 6.76. The summed E-state index contributed by atoms with van der Waals surface area (Å²) in [6.07, 6.45) is 3.68. The number of thiazole rings is 1. The molecule has 100 valence electrons. The van der Waals surface area contributed by atoms with Crippen LogP contribution in [0.25, 0.3) is 0 Å². The molecular formula is C12H20N4OS. The summed E-state index contributed by atoms with van der Waals surface area (Å²) in [6, 6.07) is 0.279. The SMILES string of the molecule is CC(C)Nc1nc(N)c(C(=O)NCCC2CC2)s1. The molecule has 1 heterocycles. The zero-order chi connectivity index (χ0) is 13.1. The molecule has 0 saturated heterocycles. The molecule has 1 aromatic heterocycles. The Hall–Kier alpha value is -1.30. The predicted octanol–water partition coefficient (Wildman–Crippen LogP) is 2.08. The van der Waals surface area contributed by atoms with Crippen LogP contribution in [0.3, 0.4) is 0 Å². The van der Waals surface area contributed by atoms with Crippen LogP contribution in [0.1, 0.15) is 42.8 Å². The molecule has 0 aliphatic heterocycles. The van der Waals surface area contributed by atoms with Crippen molar-refractivity contribution in [2.75, 3.05) is 17.6 Å². The minimum atomic E-state index is -0.109. The van der Waals surface area contributed by atoms with Crippen molar-refractivity contribution in [2.45, 2.75) is 39.2 Å². The van der Waals surface area contributed by atoms with Crippen LogP contribution in [0.15, 0.2) is 0 Å². The van der Waals surface area contributed by atoms with E-state index in [1.807, 2.05) is 13.8 Å². The standard InChI is InChI=1S/C12H20N4OS/c1-7(2)15-12-16-10(13)9(18-12)11(17)14-6-5-8-3-4-8/h7-8H,3-6,13H2,1-2H3,(H,14,17)(H,15,16). The van der Waals surface area contributed by atoms with Gasteiger partial charge in [0.2, 0.25) is 0 Å². The summed E-state index contributed by atoms with van der Waals surface area (Å²) in [6.45, 7) is 4.77. The third-order valence-electron chi connectivity index (χ3n) is 2.81. The Balaban J connectivity index is 1.89. The lowest BCUT2D eigenvalue weighted by Crippen LogP contribution is -2.24.